The predicted octanol–water partition coefficient (Wildman–Crippen LogP) is 5.15. The van der Waals surface area contributed by atoms with Crippen LogP contribution in [0.4, 0.5) is 11.4 Å². The maximum atomic E-state index is 13.0. The molecule has 154 valence electrons. The molecule has 3 rings (SSSR count). The van der Waals surface area contributed by atoms with Crippen molar-refractivity contribution in [3.63, 3.8) is 0 Å². The molecule has 2 amide bonds. The van der Waals surface area contributed by atoms with Gasteiger partial charge in [-0.2, -0.15) is 0 Å². The van der Waals surface area contributed by atoms with E-state index < -0.39 is 0 Å². The largest absolute Gasteiger partial charge is 0.377 e. The first-order valence-corrected chi connectivity index (χ1v) is 9.97. The van der Waals surface area contributed by atoms with Gasteiger partial charge in [0.2, 0.25) is 0 Å². The number of halogens is 1. The van der Waals surface area contributed by atoms with Crippen molar-refractivity contribution < 1.29 is 9.59 Å². The van der Waals surface area contributed by atoms with E-state index in [2.05, 4.69) is 10.6 Å². The molecule has 0 aliphatic rings. The Hall–Kier alpha value is -3.31. The van der Waals surface area contributed by atoms with Crippen LogP contribution < -0.4 is 15.5 Å². The van der Waals surface area contributed by atoms with Gasteiger partial charge in [-0.3, -0.25) is 9.59 Å². The molecule has 5 nitrogen and oxygen atoms in total. The lowest BCUT2D eigenvalue weighted by atomic mass is 10.1. The van der Waals surface area contributed by atoms with Crippen molar-refractivity contribution in [2.75, 3.05) is 24.3 Å². The van der Waals surface area contributed by atoms with Gasteiger partial charge in [0.1, 0.15) is 0 Å². The SMILES string of the molecule is CC(NC(=O)c1cc(NC(=O)c2ccccc2Cl)ccc1N(C)C)c1ccccc1. The van der Waals surface area contributed by atoms with Crippen LogP contribution in [0.1, 0.15) is 39.2 Å². The Labute approximate surface area is 181 Å². The van der Waals surface area contributed by atoms with E-state index in [1.165, 1.54) is 0 Å². The van der Waals surface area contributed by atoms with Crippen LogP contribution in [-0.2, 0) is 0 Å². The van der Waals surface area contributed by atoms with Crippen LogP contribution in [0.3, 0.4) is 0 Å². The minimum atomic E-state index is -0.331. The molecule has 0 aromatic heterocycles. The molecule has 30 heavy (non-hydrogen) atoms. The summed E-state index contributed by atoms with van der Waals surface area (Å²) in [6, 6.07) is 21.7. The van der Waals surface area contributed by atoms with Gasteiger partial charge in [-0.25, -0.2) is 0 Å². The van der Waals surface area contributed by atoms with Gasteiger partial charge >= 0.3 is 0 Å². The van der Waals surface area contributed by atoms with Gasteiger partial charge in [0.25, 0.3) is 11.8 Å². The van der Waals surface area contributed by atoms with Gasteiger partial charge in [-0.1, -0.05) is 54.1 Å². The van der Waals surface area contributed by atoms with Gasteiger partial charge in [-0.05, 0) is 42.8 Å². The molecule has 3 aromatic rings. The molecule has 1 atom stereocenters. The van der Waals surface area contributed by atoms with Crippen LogP contribution in [0.15, 0.2) is 72.8 Å². The third-order valence-electron chi connectivity index (χ3n) is 4.75. The molecule has 1 unspecified atom stereocenters. The first-order valence-electron chi connectivity index (χ1n) is 9.60. The quantitative estimate of drug-likeness (QED) is 0.578. The Morgan fingerprint density at radius 1 is 0.867 bits per heavy atom. The molecule has 0 saturated heterocycles. The Morgan fingerprint density at radius 3 is 2.20 bits per heavy atom. The molecule has 0 aliphatic carbocycles. The second-order valence-corrected chi connectivity index (χ2v) is 7.57. The van der Waals surface area contributed by atoms with Crippen LogP contribution in [0.2, 0.25) is 5.02 Å². The van der Waals surface area contributed by atoms with Crippen molar-refractivity contribution in [3.05, 3.63) is 94.5 Å². The second kappa shape index (κ2) is 9.46. The van der Waals surface area contributed by atoms with Crippen molar-refractivity contribution >= 4 is 34.8 Å². The van der Waals surface area contributed by atoms with Crippen molar-refractivity contribution in [2.24, 2.45) is 0 Å². The highest BCUT2D eigenvalue weighted by Gasteiger charge is 2.18. The summed E-state index contributed by atoms with van der Waals surface area (Å²) in [5, 5.41) is 6.22. The van der Waals surface area contributed by atoms with E-state index in [1.54, 1.807) is 36.4 Å². The molecule has 0 radical (unpaired) electrons. The number of carbonyl (C=O) groups excluding carboxylic acids is 2. The molecule has 0 heterocycles. The number of nitrogens with one attached hydrogen (secondary N) is 2. The lowest BCUT2D eigenvalue weighted by Gasteiger charge is -2.20. The van der Waals surface area contributed by atoms with Crippen LogP contribution in [0.5, 0.6) is 0 Å². The number of rotatable bonds is 6. The summed E-state index contributed by atoms with van der Waals surface area (Å²) < 4.78 is 0. The summed E-state index contributed by atoms with van der Waals surface area (Å²) in [4.78, 5) is 27.5. The molecule has 6 heteroatoms. The standard InChI is InChI=1S/C24H24ClN3O2/c1-16(17-9-5-4-6-10-17)26-24(30)20-15-18(13-14-22(20)28(2)3)27-23(29)19-11-7-8-12-21(19)25/h4-16H,1-3H3,(H,26,30)(H,27,29). The molecule has 0 fully saturated rings. The van der Waals surface area contributed by atoms with E-state index in [0.717, 1.165) is 11.3 Å². The molecule has 3 aromatic carbocycles. The van der Waals surface area contributed by atoms with E-state index in [1.807, 2.05) is 62.3 Å². The van der Waals surface area contributed by atoms with Crippen LogP contribution in [0.25, 0.3) is 0 Å². The maximum Gasteiger partial charge on any atom is 0.257 e. The molecular weight excluding hydrogens is 398 g/mol. The lowest BCUT2D eigenvalue weighted by Crippen LogP contribution is -2.28. The number of anilines is 2. The minimum Gasteiger partial charge on any atom is -0.377 e. The molecule has 0 saturated carbocycles. The molecule has 0 spiro atoms. The fourth-order valence-electron chi connectivity index (χ4n) is 3.13. The number of amides is 2. The zero-order chi connectivity index (χ0) is 21.7. The monoisotopic (exact) mass is 421 g/mol. The first-order chi connectivity index (χ1) is 14.4. The number of hydrogen-bond acceptors (Lipinski definition) is 3. The minimum absolute atomic E-state index is 0.157. The van der Waals surface area contributed by atoms with Gasteiger partial charge in [0, 0.05) is 25.5 Å². The summed E-state index contributed by atoms with van der Waals surface area (Å²) in [5.74, 6) is -0.550. The van der Waals surface area contributed by atoms with E-state index in [0.29, 0.717) is 21.8 Å². The Balaban J connectivity index is 1.85. The maximum absolute atomic E-state index is 13.0. The smallest absolute Gasteiger partial charge is 0.257 e. The average Bonchev–Trinajstić information content (AvgIpc) is 2.74. The highest BCUT2D eigenvalue weighted by Crippen LogP contribution is 2.25. The van der Waals surface area contributed by atoms with Crippen molar-refractivity contribution in [1.82, 2.24) is 5.32 Å². The topological polar surface area (TPSA) is 61.4 Å². The Kier molecular flexibility index (Phi) is 6.75. The summed E-state index contributed by atoms with van der Waals surface area (Å²) >= 11 is 6.12. The van der Waals surface area contributed by atoms with Gasteiger partial charge in [0.05, 0.1) is 22.2 Å². The summed E-state index contributed by atoms with van der Waals surface area (Å²) in [6.45, 7) is 1.94. The predicted molar refractivity (Wildman–Crippen MR) is 122 cm³/mol. The van der Waals surface area contributed by atoms with Crippen molar-refractivity contribution in [1.29, 1.82) is 0 Å². The number of carbonyl (C=O) groups is 2. The molecular formula is C24H24ClN3O2. The van der Waals surface area contributed by atoms with E-state index in [9.17, 15) is 9.59 Å². The molecule has 0 bridgehead atoms. The fraction of sp³-hybridized carbons (Fsp3) is 0.167. The average molecular weight is 422 g/mol. The highest BCUT2D eigenvalue weighted by molar-refractivity contribution is 6.34. The molecule has 0 aliphatic heterocycles. The zero-order valence-electron chi connectivity index (χ0n) is 17.1. The Morgan fingerprint density at radius 2 is 1.53 bits per heavy atom. The van der Waals surface area contributed by atoms with Crippen molar-refractivity contribution in [3.8, 4) is 0 Å². The second-order valence-electron chi connectivity index (χ2n) is 7.17. The fourth-order valence-corrected chi connectivity index (χ4v) is 3.35. The van der Waals surface area contributed by atoms with Crippen LogP contribution in [-0.4, -0.2) is 25.9 Å². The normalized spacial score (nSPS) is 11.5. The number of hydrogen-bond donors (Lipinski definition) is 2. The Bertz CT molecular complexity index is 1050. The number of nitrogens with zero attached hydrogens (tertiary/aromatic N) is 1. The van der Waals surface area contributed by atoms with E-state index in [-0.39, 0.29) is 17.9 Å². The van der Waals surface area contributed by atoms with Crippen LogP contribution in [0, 0.1) is 0 Å². The van der Waals surface area contributed by atoms with Gasteiger partial charge in [-0.15, -0.1) is 0 Å². The third kappa shape index (κ3) is 4.99. The van der Waals surface area contributed by atoms with Crippen LogP contribution >= 0.6 is 11.6 Å². The van der Waals surface area contributed by atoms with Gasteiger partial charge < -0.3 is 15.5 Å². The van der Waals surface area contributed by atoms with Gasteiger partial charge in [0.15, 0.2) is 0 Å². The highest BCUT2D eigenvalue weighted by atomic mass is 35.5. The zero-order valence-corrected chi connectivity index (χ0v) is 17.9. The van der Waals surface area contributed by atoms with E-state index >= 15 is 0 Å². The van der Waals surface area contributed by atoms with E-state index in [4.69, 9.17) is 11.6 Å². The summed E-state index contributed by atoms with van der Waals surface area (Å²) in [6.07, 6.45) is 0. The first kappa shape index (κ1) is 21.4. The molecule has 2 N–H and O–H groups in total. The summed E-state index contributed by atoms with van der Waals surface area (Å²) in [7, 11) is 3.74. The third-order valence-corrected chi connectivity index (χ3v) is 5.08. The lowest BCUT2D eigenvalue weighted by molar-refractivity contribution is 0.0939. The summed E-state index contributed by atoms with van der Waals surface area (Å²) in [5.41, 5.74) is 3.13. The van der Waals surface area contributed by atoms with Crippen molar-refractivity contribution in [2.45, 2.75) is 13.0 Å². The number of benzene rings is 3.